The number of nitrogens with zero attached hydrogens (tertiary/aromatic N) is 3. The summed E-state index contributed by atoms with van der Waals surface area (Å²) in [5.74, 6) is 1.40. The van der Waals surface area contributed by atoms with E-state index in [4.69, 9.17) is 0 Å². The van der Waals surface area contributed by atoms with E-state index in [1.807, 2.05) is 16.9 Å². The molecular weight excluding hydrogens is 286 g/mol. The Morgan fingerprint density at radius 2 is 2.00 bits per heavy atom. The first-order valence-corrected chi connectivity index (χ1v) is 8.11. The first kappa shape index (κ1) is 17.1. The van der Waals surface area contributed by atoms with Crippen molar-refractivity contribution in [1.29, 1.82) is 0 Å². The number of aromatic nitrogens is 2. The summed E-state index contributed by atoms with van der Waals surface area (Å²) in [6, 6.07) is 10.9. The smallest absolute Gasteiger partial charge is 0.191 e. The van der Waals surface area contributed by atoms with Crippen molar-refractivity contribution in [1.82, 2.24) is 20.4 Å². The first-order valence-electron chi connectivity index (χ1n) is 8.11. The largest absolute Gasteiger partial charge is 0.354 e. The average molecular weight is 313 g/mol. The minimum atomic E-state index is 0.382. The van der Waals surface area contributed by atoms with Gasteiger partial charge in [-0.25, -0.2) is 0 Å². The van der Waals surface area contributed by atoms with Crippen molar-refractivity contribution >= 4 is 5.96 Å². The molecule has 2 aromatic rings. The molecule has 0 spiro atoms. The lowest BCUT2D eigenvalue weighted by Gasteiger charge is -2.20. The van der Waals surface area contributed by atoms with Crippen LogP contribution >= 0.6 is 0 Å². The lowest BCUT2D eigenvalue weighted by Crippen LogP contribution is -2.43. The lowest BCUT2D eigenvalue weighted by atomic mass is 10.1. The molecule has 0 bridgehead atoms. The summed E-state index contributed by atoms with van der Waals surface area (Å²) in [5.41, 5.74) is 2.47. The quantitative estimate of drug-likeness (QED) is 0.637. The van der Waals surface area contributed by atoms with Crippen LogP contribution in [0, 0.1) is 5.92 Å². The van der Waals surface area contributed by atoms with Gasteiger partial charge in [0.1, 0.15) is 0 Å². The van der Waals surface area contributed by atoms with Crippen molar-refractivity contribution in [2.24, 2.45) is 10.9 Å². The number of guanidine groups is 1. The number of rotatable bonds is 6. The molecule has 0 amide bonds. The van der Waals surface area contributed by atoms with Gasteiger partial charge in [0.2, 0.25) is 0 Å². The van der Waals surface area contributed by atoms with Gasteiger partial charge < -0.3 is 10.6 Å². The van der Waals surface area contributed by atoms with Crippen LogP contribution in [0.15, 0.2) is 47.7 Å². The summed E-state index contributed by atoms with van der Waals surface area (Å²) in [7, 11) is 1.80. The van der Waals surface area contributed by atoms with Crippen LogP contribution in [-0.2, 0) is 13.1 Å². The predicted octanol–water partition coefficient (Wildman–Crippen LogP) is 2.64. The number of hydrogen-bond acceptors (Lipinski definition) is 2. The van der Waals surface area contributed by atoms with Gasteiger partial charge in [-0.3, -0.25) is 9.67 Å². The van der Waals surface area contributed by atoms with Crippen LogP contribution in [0.4, 0.5) is 0 Å². The van der Waals surface area contributed by atoms with Crippen LogP contribution in [0.25, 0.3) is 0 Å². The van der Waals surface area contributed by atoms with Crippen LogP contribution in [-0.4, -0.2) is 28.8 Å². The normalized spacial score (nSPS) is 13.2. The Morgan fingerprint density at radius 1 is 1.22 bits per heavy atom. The molecule has 0 aliphatic rings. The van der Waals surface area contributed by atoms with Crippen molar-refractivity contribution in [2.75, 3.05) is 7.05 Å². The molecule has 1 atom stereocenters. The van der Waals surface area contributed by atoms with E-state index in [0.717, 1.165) is 19.0 Å². The van der Waals surface area contributed by atoms with Crippen LogP contribution in [0.3, 0.4) is 0 Å². The van der Waals surface area contributed by atoms with Gasteiger partial charge in [-0.05, 0) is 30.0 Å². The zero-order chi connectivity index (χ0) is 16.7. The maximum Gasteiger partial charge on any atom is 0.191 e. The van der Waals surface area contributed by atoms with Crippen molar-refractivity contribution in [3.63, 3.8) is 0 Å². The Kier molecular flexibility index (Phi) is 6.20. The molecule has 0 aliphatic heterocycles. The summed E-state index contributed by atoms with van der Waals surface area (Å²) in [5, 5.41) is 11.0. The Balaban J connectivity index is 1.92. The predicted molar refractivity (Wildman–Crippen MR) is 95.4 cm³/mol. The molecule has 0 saturated heterocycles. The molecule has 1 heterocycles. The summed E-state index contributed by atoms with van der Waals surface area (Å²) in [4.78, 5) is 4.29. The highest BCUT2D eigenvalue weighted by molar-refractivity contribution is 5.79. The second-order valence-electron chi connectivity index (χ2n) is 6.13. The van der Waals surface area contributed by atoms with Gasteiger partial charge >= 0.3 is 0 Å². The molecule has 1 aromatic heterocycles. The standard InChI is InChI=1S/C18H27N5/c1-14(2)15(3)22-18(19-4)20-12-16-7-5-8-17(11-16)13-23-10-6-9-21-23/h5-11,14-15H,12-13H2,1-4H3,(H2,19,20,22). The number of aliphatic imine (C=N–C) groups is 1. The van der Waals surface area contributed by atoms with Gasteiger partial charge in [0.15, 0.2) is 5.96 Å². The van der Waals surface area contributed by atoms with Gasteiger partial charge in [-0.2, -0.15) is 5.10 Å². The maximum atomic E-state index is 4.29. The zero-order valence-electron chi connectivity index (χ0n) is 14.5. The van der Waals surface area contributed by atoms with Gasteiger partial charge in [-0.1, -0.05) is 38.1 Å². The van der Waals surface area contributed by atoms with Crippen LogP contribution in [0.2, 0.25) is 0 Å². The van der Waals surface area contributed by atoms with E-state index < -0.39 is 0 Å². The molecule has 0 radical (unpaired) electrons. The fraction of sp³-hybridized carbons (Fsp3) is 0.444. The third-order valence-electron chi connectivity index (χ3n) is 3.94. The third kappa shape index (κ3) is 5.43. The van der Waals surface area contributed by atoms with Crippen molar-refractivity contribution in [3.05, 3.63) is 53.9 Å². The van der Waals surface area contributed by atoms with Crippen molar-refractivity contribution < 1.29 is 0 Å². The fourth-order valence-electron chi connectivity index (χ4n) is 2.18. The minimum Gasteiger partial charge on any atom is -0.354 e. The Labute approximate surface area is 138 Å². The van der Waals surface area contributed by atoms with E-state index in [1.54, 1.807) is 13.2 Å². The SMILES string of the molecule is CN=C(NCc1cccc(Cn2cccn2)c1)NC(C)C(C)C. The van der Waals surface area contributed by atoms with Crippen LogP contribution < -0.4 is 10.6 Å². The molecule has 1 aromatic carbocycles. The summed E-state index contributed by atoms with van der Waals surface area (Å²) in [6.45, 7) is 8.10. The van der Waals surface area contributed by atoms with Crippen LogP contribution in [0.1, 0.15) is 31.9 Å². The second kappa shape index (κ2) is 8.36. The lowest BCUT2D eigenvalue weighted by molar-refractivity contribution is 0.481. The van der Waals surface area contributed by atoms with E-state index in [1.165, 1.54) is 11.1 Å². The highest BCUT2D eigenvalue weighted by Gasteiger charge is 2.08. The average Bonchev–Trinajstić information content (AvgIpc) is 3.04. The molecule has 23 heavy (non-hydrogen) atoms. The molecule has 124 valence electrons. The van der Waals surface area contributed by atoms with Gasteiger partial charge in [0.25, 0.3) is 0 Å². The topological polar surface area (TPSA) is 54.2 Å². The molecular formula is C18H27N5. The van der Waals surface area contributed by atoms with E-state index in [0.29, 0.717) is 12.0 Å². The molecule has 5 heteroatoms. The molecule has 2 N–H and O–H groups in total. The number of nitrogens with one attached hydrogen (secondary N) is 2. The number of benzene rings is 1. The van der Waals surface area contributed by atoms with Crippen molar-refractivity contribution in [2.45, 2.75) is 39.9 Å². The molecule has 2 rings (SSSR count). The second-order valence-corrected chi connectivity index (χ2v) is 6.13. The van der Waals surface area contributed by atoms with E-state index in [2.05, 4.69) is 65.8 Å². The summed E-state index contributed by atoms with van der Waals surface area (Å²) < 4.78 is 1.93. The first-order chi connectivity index (χ1) is 11.1. The minimum absolute atomic E-state index is 0.382. The molecule has 0 saturated carbocycles. The van der Waals surface area contributed by atoms with Crippen LogP contribution in [0.5, 0.6) is 0 Å². The van der Waals surface area contributed by atoms with Crippen molar-refractivity contribution in [3.8, 4) is 0 Å². The van der Waals surface area contributed by atoms with E-state index in [9.17, 15) is 0 Å². The number of hydrogen-bond donors (Lipinski definition) is 2. The highest BCUT2D eigenvalue weighted by atomic mass is 15.3. The summed E-state index contributed by atoms with van der Waals surface area (Å²) in [6.07, 6.45) is 3.78. The van der Waals surface area contributed by atoms with Gasteiger partial charge in [-0.15, -0.1) is 0 Å². The molecule has 0 aliphatic carbocycles. The highest BCUT2D eigenvalue weighted by Crippen LogP contribution is 2.07. The zero-order valence-corrected chi connectivity index (χ0v) is 14.5. The Morgan fingerprint density at radius 3 is 2.65 bits per heavy atom. The van der Waals surface area contributed by atoms with E-state index >= 15 is 0 Å². The van der Waals surface area contributed by atoms with Gasteiger partial charge in [0.05, 0.1) is 6.54 Å². The fourth-order valence-corrected chi connectivity index (χ4v) is 2.18. The molecule has 0 fully saturated rings. The molecule has 5 nitrogen and oxygen atoms in total. The maximum absolute atomic E-state index is 4.29. The summed E-state index contributed by atoms with van der Waals surface area (Å²) >= 11 is 0. The van der Waals surface area contributed by atoms with Gasteiger partial charge in [0, 0.05) is 32.0 Å². The third-order valence-corrected chi connectivity index (χ3v) is 3.94. The molecule has 1 unspecified atom stereocenters. The van der Waals surface area contributed by atoms with E-state index in [-0.39, 0.29) is 0 Å². The monoisotopic (exact) mass is 313 g/mol. The Hall–Kier alpha value is -2.30. The Bertz CT molecular complexity index is 616.